The van der Waals surface area contributed by atoms with Crippen molar-refractivity contribution in [1.29, 1.82) is 0 Å². The molecule has 3 amide bonds. The molecule has 0 atom stereocenters. The maximum absolute atomic E-state index is 12.7. The first-order chi connectivity index (χ1) is 14.7. The molecule has 2 aromatic heterocycles. The van der Waals surface area contributed by atoms with E-state index in [0.717, 1.165) is 0 Å². The summed E-state index contributed by atoms with van der Waals surface area (Å²) >= 11 is 0. The molecule has 0 fully saturated rings. The summed E-state index contributed by atoms with van der Waals surface area (Å²) in [5.74, 6) is 0.414. The van der Waals surface area contributed by atoms with Gasteiger partial charge >= 0.3 is 6.03 Å². The molecule has 4 aromatic rings. The number of rotatable bonds is 6. The van der Waals surface area contributed by atoms with E-state index >= 15 is 0 Å². The molecule has 0 aliphatic carbocycles. The number of anilines is 2. The number of aromatic nitrogens is 2. The van der Waals surface area contributed by atoms with Gasteiger partial charge in [0, 0.05) is 23.8 Å². The highest BCUT2D eigenvalue weighted by molar-refractivity contribution is 6.06. The van der Waals surface area contributed by atoms with Crippen molar-refractivity contribution in [2.45, 2.75) is 6.54 Å². The van der Waals surface area contributed by atoms with E-state index in [1.54, 1.807) is 77.9 Å². The first-order valence-corrected chi connectivity index (χ1v) is 9.27. The van der Waals surface area contributed by atoms with Crippen molar-refractivity contribution in [2.75, 3.05) is 10.6 Å². The van der Waals surface area contributed by atoms with E-state index in [-0.39, 0.29) is 11.9 Å². The molecule has 0 unspecified atom stereocenters. The highest BCUT2D eigenvalue weighted by atomic mass is 16.3. The van der Waals surface area contributed by atoms with Crippen LogP contribution in [0.2, 0.25) is 0 Å². The number of benzene rings is 2. The zero-order valence-corrected chi connectivity index (χ0v) is 15.9. The summed E-state index contributed by atoms with van der Waals surface area (Å²) in [6.45, 7) is 0.294. The van der Waals surface area contributed by atoms with Gasteiger partial charge in [0.1, 0.15) is 5.76 Å². The largest absolute Gasteiger partial charge is 0.467 e. The summed E-state index contributed by atoms with van der Waals surface area (Å²) < 4.78 is 6.81. The molecule has 4 rings (SSSR count). The Morgan fingerprint density at radius 1 is 0.900 bits per heavy atom. The fraction of sp³-hybridized carbons (Fsp3) is 0.0455. The van der Waals surface area contributed by atoms with E-state index < -0.39 is 0 Å². The highest BCUT2D eigenvalue weighted by Crippen LogP contribution is 2.18. The Balaban J connectivity index is 1.37. The van der Waals surface area contributed by atoms with E-state index in [9.17, 15) is 9.59 Å². The normalized spacial score (nSPS) is 10.4. The summed E-state index contributed by atoms with van der Waals surface area (Å²) in [5.41, 5.74) is 2.39. The van der Waals surface area contributed by atoms with Gasteiger partial charge in [0.15, 0.2) is 0 Å². The van der Waals surface area contributed by atoms with Gasteiger partial charge in [0.2, 0.25) is 0 Å². The molecule has 3 N–H and O–H groups in total. The average molecular weight is 401 g/mol. The number of carbonyl (C=O) groups excluding carboxylic acids is 2. The molecule has 30 heavy (non-hydrogen) atoms. The van der Waals surface area contributed by atoms with Gasteiger partial charge in [-0.25, -0.2) is 9.48 Å². The molecule has 8 heteroatoms. The Kier molecular flexibility index (Phi) is 5.56. The van der Waals surface area contributed by atoms with E-state index in [0.29, 0.717) is 34.9 Å². The third-order valence-electron chi connectivity index (χ3n) is 4.30. The topological polar surface area (TPSA) is 101 Å². The predicted octanol–water partition coefficient (Wildman–Crippen LogP) is 4.04. The van der Waals surface area contributed by atoms with Crippen LogP contribution in [0.25, 0.3) is 5.69 Å². The Labute approximate surface area is 172 Å². The van der Waals surface area contributed by atoms with Crippen molar-refractivity contribution in [3.8, 4) is 5.69 Å². The lowest BCUT2D eigenvalue weighted by molar-refractivity contribution is 0.102. The molecule has 0 aliphatic rings. The number of hydrogen-bond acceptors (Lipinski definition) is 4. The van der Waals surface area contributed by atoms with Crippen molar-refractivity contribution in [3.63, 3.8) is 0 Å². The molecule has 150 valence electrons. The second kappa shape index (κ2) is 8.78. The summed E-state index contributed by atoms with van der Waals surface area (Å²) in [5, 5.41) is 12.5. The minimum Gasteiger partial charge on any atom is -0.467 e. The Bertz CT molecular complexity index is 1120. The van der Waals surface area contributed by atoms with Crippen LogP contribution in [-0.4, -0.2) is 21.7 Å². The molecular weight excluding hydrogens is 382 g/mol. The van der Waals surface area contributed by atoms with Crippen LogP contribution in [0.15, 0.2) is 89.8 Å². The monoisotopic (exact) mass is 401 g/mol. The quantitative estimate of drug-likeness (QED) is 0.454. The highest BCUT2D eigenvalue weighted by Gasteiger charge is 2.13. The fourth-order valence-corrected chi connectivity index (χ4v) is 2.87. The van der Waals surface area contributed by atoms with Crippen molar-refractivity contribution in [3.05, 3.63) is 96.7 Å². The molecule has 0 saturated carbocycles. The van der Waals surface area contributed by atoms with Crippen molar-refractivity contribution in [2.24, 2.45) is 0 Å². The zero-order chi connectivity index (χ0) is 20.8. The van der Waals surface area contributed by atoms with Crippen LogP contribution in [0.1, 0.15) is 16.1 Å². The van der Waals surface area contributed by atoms with Gasteiger partial charge in [-0.1, -0.05) is 12.1 Å². The van der Waals surface area contributed by atoms with E-state index in [4.69, 9.17) is 4.42 Å². The number of urea groups is 1. The summed E-state index contributed by atoms with van der Waals surface area (Å²) in [7, 11) is 0. The van der Waals surface area contributed by atoms with Crippen molar-refractivity contribution < 1.29 is 14.0 Å². The molecule has 0 spiro atoms. The number of amides is 3. The minimum absolute atomic E-state index is 0.252. The van der Waals surface area contributed by atoms with Crippen LogP contribution in [0, 0.1) is 0 Å². The van der Waals surface area contributed by atoms with Gasteiger partial charge in [-0.2, -0.15) is 5.10 Å². The van der Waals surface area contributed by atoms with Gasteiger partial charge in [-0.05, 0) is 54.6 Å². The lowest BCUT2D eigenvalue weighted by Crippen LogP contribution is -2.27. The van der Waals surface area contributed by atoms with Gasteiger partial charge in [-0.3, -0.25) is 4.79 Å². The zero-order valence-electron chi connectivity index (χ0n) is 15.9. The second-order valence-corrected chi connectivity index (χ2v) is 6.39. The number of carbonyl (C=O) groups is 2. The Morgan fingerprint density at radius 3 is 2.37 bits per heavy atom. The van der Waals surface area contributed by atoms with E-state index in [1.165, 1.54) is 0 Å². The third-order valence-corrected chi connectivity index (χ3v) is 4.30. The molecule has 2 aromatic carbocycles. The maximum atomic E-state index is 12.7. The molecule has 0 aliphatic heterocycles. The Hall–Kier alpha value is -4.33. The molecule has 0 bridgehead atoms. The number of nitrogens with zero attached hydrogens (tertiary/aromatic N) is 2. The number of hydrogen-bond donors (Lipinski definition) is 3. The number of furan rings is 1. The SMILES string of the molecule is O=C(NCc1ccco1)Nc1ccc(NC(=O)c2ccccc2-n2cccn2)cc1. The summed E-state index contributed by atoms with van der Waals surface area (Å²) in [4.78, 5) is 24.7. The molecule has 8 nitrogen and oxygen atoms in total. The number of nitrogens with one attached hydrogen (secondary N) is 3. The van der Waals surface area contributed by atoms with Gasteiger partial charge in [-0.15, -0.1) is 0 Å². The summed E-state index contributed by atoms with van der Waals surface area (Å²) in [6, 6.07) is 19.1. The fourth-order valence-electron chi connectivity index (χ4n) is 2.87. The standard InChI is InChI=1S/C22H19N5O3/c28-21(19-6-1-2-7-20(19)27-13-4-12-24-27)25-16-8-10-17(11-9-16)26-22(29)23-15-18-5-3-14-30-18/h1-14H,15H2,(H,25,28)(H2,23,26,29). The minimum atomic E-state index is -0.351. The number of para-hydroxylation sites is 1. The van der Waals surface area contributed by atoms with Crippen LogP contribution in [0.4, 0.5) is 16.2 Å². The van der Waals surface area contributed by atoms with Crippen LogP contribution < -0.4 is 16.0 Å². The smallest absolute Gasteiger partial charge is 0.319 e. The van der Waals surface area contributed by atoms with E-state index in [1.807, 2.05) is 12.1 Å². The van der Waals surface area contributed by atoms with Crippen molar-refractivity contribution >= 4 is 23.3 Å². The second-order valence-electron chi connectivity index (χ2n) is 6.39. The van der Waals surface area contributed by atoms with E-state index in [2.05, 4.69) is 21.0 Å². The lowest BCUT2D eigenvalue weighted by atomic mass is 10.1. The maximum Gasteiger partial charge on any atom is 0.319 e. The molecule has 0 saturated heterocycles. The molecule has 0 radical (unpaired) electrons. The van der Waals surface area contributed by atoms with Crippen LogP contribution in [0.3, 0.4) is 0 Å². The average Bonchev–Trinajstić information content (AvgIpc) is 3.48. The van der Waals surface area contributed by atoms with Crippen LogP contribution >= 0.6 is 0 Å². The predicted molar refractivity (Wildman–Crippen MR) is 113 cm³/mol. The first-order valence-electron chi connectivity index (χ1n) is 9.27. The lowest BCUT2D eigenvalue weighted by Gasteiger charge is -2.11. The molecule has 2 heterocycles. The van der Waals surface area contributed by atoms with Gasteiger partial charge in [0.25, 0.3) is 5.91 Å². The van der Waals surface area contributed by atoms with Crippen LogP contribution in [0.5, 0.6) is 0 Å². The Morgan fingerprint density at radius 2 is 1.67 bits per heavy atom. The van der Waals surface area contributed by atoms with Crippen LogP contribution in [-0.2, 0) is 6.54 Å². The first kappa shape index (κ1) is 19.0. The van der Waals surface area contributed by atoms with Gasteiger partial charge in [0.05, 0.1) is 24.1 Å². The third kappa shape index (κ3) is 4.56. The van der Waals surface area contributed by atoms with Gasteiger partial charge < -0.3 is 20.4 Å². The van der Waals surface area contributed by atoms with Crippen molar-refractivity contribution in [1.82, 2.24) is 15.1 Å². The summed E-state index contributed by atoms with van der Waals surface area (Å²) in [6.07, 6.45) is 4.99. The molecular formula is C22H19N5O3.